The highest BCUT2D eigenvalue weighted by Crippen LogP contribution is 2.31. The summed E-state index contributed by atoms with van der Waals surface area (Å²) in [6, 6.07) is 7.78. The molecule has 0 unspecified atom stereocenters. The summed E-state index contributed by atoms with van der Waals surface area (Å²) in [6.45, 7) is 6.69. The lowest BCUT2D eigenvalue weighted by Gasteiger charge is -2.29. The smallest absolute Gasteiger partial charge is 0.337 e. The molecule has 0 bridgehead atoms. The Kier molecular flexibility index (Phi) is 5.58. The number of aryl methyl sites for hydroxylation is 2. The molecule has 0 atom stereocenters. The summed E-state index contributed by atoms with van der Waals surface area (Å²) in [5.41, 5.74) is 4.74. The number of carboxylic acids is 1. The van der Waals surface area contributed by atoms with Gasteiger partial charge in [0.25, 0.3) is 0 Å². The highest BCUT2D eigenvalue weighted by Gasteiger charge is 2.20. The lowest BCUT2D eigenvalue weighted by molar-refractivity contribution is 0.0696. The zero-order chi connectivity index (χ0) is 21.1. The zero-order valence-electron chi connectivity index (χ0n) is 16.9. The number of nitrogens with one attached hydrogen (secondary N) is 1. The maximum atomic E-state index is 11.4. The van der Waals surface area contributed by atoms with Gasteiger partial charge in [0, 0.05) is 48.5 Å². The van der Waals surface area contributed by atoms with Crippen LogP contribution in [0.4, 0.5) is 17.5 Å². The lowest BCUT2D eigenvalue weighted by atomic mass is 10.1. The molecule has 3 aromatic rings. The molecule has 30 heavy (non-hydrogen) atoms. The van der Waals surface area contributed by atoms with E-state index in [4.69, 9.17) is 9.72 Å². The second-order valence-corrected chi connectivity index (χ2v) is 7.30. The van der Waals surface area contributed by atoms with Gasteiger partial charge in [0.15, 0.2) is 0 Å². The van der Waals surface area contributed by atoms with Gasteiger partial charge in [-0.25, -0.2) is 9.78 Å². The van der Waals surface area contributed by atoms with Crippen LogP contribution < -0.4 is 10.2 Å². The molecular weight excluding hydrogens is 382 g/mol. The minimum Gasteiger partial charge on any atom is -0.478 e. The molecule has 0 radical (unpaired) electrons. The zero-order valence-corrected chi connectivity index (χ0v) is 16.9. The average Bonchev–Trinajstić information content (AvgIpc) is 2.74. The summed E-state index contributed by atoms with van der Waals surface area (Å²) >= 11 is 0. The third-order valence-electron chi connectivity index (χ3n) is 4.85. The molecule has 0 aliphatic carbocycles. The number of morpholine rings is 1. The van der Waals surface area contributed by atoms with Gasteiger partial charge in [0.05, 0.1) is 18.8 Å². The van der Waals surface area contributed by atoms with Crippen LogP contribution in [0.25, 0.3) is 11.1 Å². The largest absolute Gasteiger partial charge is 0.478 e. The lowest BCUT2D eigenvalue weighted by Crippen LogP contribution is -2.37. The van der Waals surface area contributed by atoms with Gasteiger partial charge in [-0.15, -0.1) is 0 Å². The molecule has 1 fully saturated rings. The fourth-order valence-electron chi connectivity index (χ4n) is 3.53. The van der Waals surface area contributed by atoms with Crippen molar-refractivity contribution in [1.82, 2.24) is 15.0 Å². The highest BCUT2D eigenvalue weighted by atomic mass is 16.5. The summed E-state index contributed by atoms with van der Waals surface area (Å²) in [4.78, 5) is 26.8. The van der Waals surface area contributed by atoms with E-state index >= 15 is 0 Å². The molecule has 1 saturated heterocycles. The number of nitrogens with zero attached hydrogens (tertiary/aromatic N) is 4. The first-order chi connectivity index (χ1) is 14.5. The Hall–Kier alpha value is -3.52. The molecule has 1 aromatic carbocycles. The van der Waals surface area contributed by atoms with Crippen molar-refractivity contribution in [3.05, 3.63) is 59.5 Å². The van der Waals surface area contributed by atoms with E-state index in [0.717, 1.165) is 28.2 Å². The second-order valence-electron chi connectivity index (χ2n) is 7.30. The fraction of sp³-hybridized carbons (Fsp3) is 0.273. The Bertz CT molecular complexity index is 1060. The van der Waals surface area contributed by atoms with Crippen molar-refractivity contribution < 1.29 is 14.6 Å². The normalized spacial score (nSPS) is 13.9. The van der Waals surface area contributed by atoms with Crippen molar-refractivity contribution >= 4 is 23.4 Å². The first kappa shape index (κ1) is 19.8. The molecule has 1 aliphatic heterocycles. The average molecular weight is 405 g/mol. The van der Waals surface area contributed by atoms with Crippen LogP contribution in [0, 0.1) is 13.8 Å². The van der Waals surface area contributed by atoms with Crippen LogP contribution in [-0.2, 0) is 4.74 Å². The van der Waals surface area contributed by atoms with Crippen molar-refractivity contribution in [3.63, 3.8) is 0 Å². The Labute approximate surface area is 174 Å². The Morgan fingerprint density at radius 1 is 1.07 bits per heavy atom. The third-order valence-corrected chi connectivity index (χ3v) is 4.85. The molecule has 0 saturated carbocycles. The predicted molar refractivity (Wildman–Crippen MR) is 114 cm³/mol. The maximum Gasteiger partial charge on any atom is 0.337 e. The summed E-state index contributed by atoms with van der Waals surface area (Å²) in [5, 5.41) is 12.6. The third kappa shape index (κ3) is 4.38. The Balaban J connectivity index is 1.74. The number of hydrogen-bond donors (Lipinski definition) is 2. The SMILES string of the molecule is Cc1cc(C)cc(Nc2ncc(-c3cncc(C(=O)O)c3)c(N3CCOCC3)n2)c1. The summed E-state index contributed by atoms with van der Waals surface area (Å²) < 4.78 is 5.48. The van der Waals surface area contributed by atoms with E-state index in [1.807, 2.05) is 26.0 Å². The van der Waals surface area contributed by atoms with E-state index < -0.39 is 5.97 Å². The molecule has 1 aliphatic rings. The van der Waals surface area contributed by atoms with Gasteiger partial charge in [0.1, 0.15) is 5.82 Å². The van der Waals surface area contributed by atoms with Gasteiger partial charge >= 0.3 is 5.97 Å². The standard InChI is InChI=1S/C22H23N5O3/c1-14-7-15(2)9-18(8-14)25-22-24-13-19(16-10-17(21(28)29)12-23-11-16)20(26-22)27-3-5-30-6-4-27/h7-13H,3-6H2,1-2H3,(H,28,29)(H,24,25,26). The Morgan fingerprint density at radius 3 is 2.50 bits per heavy atom. The number of ether oxygens (including phenoxy) is 1. The molecule has 4 rings (SSSR count). The van der Waals surface area contributed by atoms with E-state index in [1.165, 1.54) is 6.20 Å². The number of hydrogen-bond acceptors (Lipinski definition) is 7. The van der Waals surface area contributed by atoms with E-state index in [2.05, 4.69) is 26.3 Å². The van der Waals surface area contributed by atoms with Crippen LogP contribution in [-0.4, -0.2) is 52.3 Å². The van der Waals surface area contributed by atoms with Crippen molar-refractivity contribution in [2.45, 2.75) is 13.8 Å². The quantitative estimate of drug-likeness (QED) is 0.666. The minimum atomic E-state index is -1.02. The van der Waals surface area contributed by atoms with Crippen LogP contribution in [0.15, 0.2) is 42.9 Å². The first-order valence-electron chi connectivity index (χ1n) is 9.73. The molecule has 3 heterocycles. The van der Waals surface area contributed by atoms with Gasteiger partial charge < -0.3 is 20.1 Å². The van der Waals surface area contributed by atoms with Gasteiger partial charge in [-0.3, -0.25) is 4.98 Å². The van der Waals surface area contributed by atoms with E-state index in [-0.39, 0.29) is 5.56 Å². The number of pyridine rings is 1. The number of benzene rings is 1. The van der Waals surface area contributed by atoms with Crippen LogP contribution in [0.3, 0.4) is 0 Å². The monoisotopic (exact) mass is 405 g/mol. The van der Waals surface area contributed by atoms with Gasteiger partial charge in [-0.2, -0.15) is 4.98 Å². The van der Waals surface area contributed by atoms with Crippen molar-refractivity contribution in [2.24, 2.45) is 0 Å². The van der Waals surface area contributed by atoms with Crippen molar-refractivity contribution in [2.75, 3.05) is 36.5 Å². The van der Waals surface area contributed by atoms with Crippen molar-refractivity contribution in [1.29, 1.82) is 0 Å². The number of carboxylic acid groups (broad SMARTS) is 1. The summed E-state index contributed by atoms with van der Waals surface area (Å²) in [6.07, 6.45) is 4.68. The number of rotatable bonds is 5. The fourth-order valence-corrected chi connectivity index (χ4v) is 3.53. The first-order valence-corrected chi connectivity index (χ1v) is 9.73. The van der Waals surface area contributed by atoms with Crippen LogP contribution in [0.2, 0.25) is 0 Å². The number of anilines is 3. The molecule has 8 heteroatoms. The highest BCUT2D eigenvalue weighted by molar-refractivity contribution is 5.89. The number of aromatic nitrogens is 3. The van der Waals surface area contributed by atoms with Crippen LogP contribution >= 0.6 is 0 Å². The van der Waals surface area contributed by atoms with Crippen molar-refractivity contribution in [3.8, 4) is 11.1 Å². The van der Waals surface area contributed by atoms with Gasteiger partial charge in [-0.1, -0.05) is 6.07 Å². The molecular formula is C22H23N5O3. The van der Waals surface area contributed by atoms with Gasteiger partial charge in [-0.05, 0) is 43.2 Å². The van der Waals surface area contributed by atoms with E-state index in [1.54, 1.807) is 18.5 Å². The predicted octanol–water partition coefficient (Wildman–Crippen LogP) is 3.43. The topological polar surface area (TPSA) is 100 Å². The second kappa shape index (κ2) is 8.46. The summed E-state index contributed by atoms with van der Waals surface area (Å²) in [5.74, 6) is 0.184. The number of aromatic carboxylic acids is 1. The van der Waals surface area contributed by atoms with Crippen LogP contribution in [0.5, 0.6) is 0 Å². The van der Waals surface area contributed by atoms with Crippen LogP contribution in [0.1, 0.15) is 21.5 Å². The maximum absolute atomic E-state index is 11.4. The molecule has 154 valence electrons. The molecule has 0 amide bonds. The molecule has 0 spiro atoms. The van der Waals surface area contributed by atoms with E-state index in [9.17, 15) is 9.90 Å². The van der Waals surface area contributed by atoms with E-state index in [0.29, 0.717) is 37.8 Å². The Morgan fingerprint density at radius 2 is 1.80 bits per heavy atom. The minimum absolute atomic E-state index is 0.123. The molecule has 2 aromatic heterocycles. The van der Waals surface area contributed by atoms with Gasteiger partial charge in [0.2, 0.25) is 5.95 Å². The molecule has 8 nitrogen and oxygen atoms in total. The number of carbonyl (C=O) groups is 1. The molecule has 2 N–H and O–H groups in total. The summed E-state index contributed by atoms with van der Waals surface area (Å²) in [7, 11) is 0.